The maximum atomic E-state index is 8.26. The second-order valence-corrected chi connectivity index (χ2v) is 0. The predicted octanol–water partition coefficient (Wildman–Crippen LogP) is -0.505. The second kappa shape index (κ2) is 17.9. The average molecular weight is 258 g/mol. The van der Waals surface area contributed by atoms with Crippen LogP contribution >= 0.6 is 0 Å². The zero-order valence-electron chi connectivity index (χ0n) is 1.86. The molecule has 0 aliphatic carbocycles. The Morgan fingerprint density at radius 3 is 1.25 bits per heavy atom. The molecule has 0 rings (SSSR count). The molecule has 23 valence electrons. The molecule has 0 spiro atoms. The molecule has 0 fully saturated rings. The molecule has 1 nitrogen and oxygen atoms in total. The maximum Gasteiger partial charge on any atom is 0 e. The smallest absolute Gasteiger partial charge is 0 e. The first-order chi connectivity index (χ1) is 1.00. The quantitative estimate of drug-likeness (QED) is 0.535. The van der Waals surface area contributed by atoms with E-state index in [-0.39, 0.29) is 62.3 Å². The molecular weight excluding hydrogens is 258 g/mol. The van der Waals surface area contributed by atoms with Crippen molar-refractivity contribution in [2.45, 2.75) is 0 Å². The van der Waals surface area contributed by atoms with Crippen molar-refractivity contribution < 1.29 is 40.0 Å². The van der Waals surface area contributed by atoms with Gasteiger partial charge in [-0.25, -0.2) is 0 Å². The Balaban J connectivity index is -0.00000000500. The Morgan fingerprint density at radius 1 is 1.25 bits per heavy atom. The molecule has 0 aliphatic heterocycles. The van der Waals surface area contributed by atoms with Gasteiger partial charge in [0.25, 0.3) is 0 Å². The average Bonchev–Trinajstić information content (AvgIpc) is 1.00. The van der Waals surface area contributed by atoms with Crippen LogP contribution in [-0.2, 0) is 40.0 Å². The van der Waals surface area contributed by atoms with Crippen LogP contribution in [0.2, 0.25) is 0 Å². The van der Waals surface area contributed by atoms with Crippen LogP contribution in [0, 0.1) is 0 Å². The first kappa shape index (κ1) is 16.1. The maximum absolute atomic E-state index is 8.26. The van der Waals surface area contributed by atoms with Crippen molar-refractivity contribution in [3.63, 3.8) is 0 Å². The van der Waals surface area contributed by atoms with E-state index in [1.54, 1.807) is 0 Å². The van der Waals surface area contributed by atoms with Crippen LogP contribution in [0.5, 0.6) is 0 Å². The predicted molar refractivity (Wildman–Crippen MR) is 6.44 cm³/mol. The van der Waals surface area contributed by atoms with Gasteiger partial charge in [-0.3, -0.25) is 0 Å². The van der Waals surface area contributed by atoms with Crippen molar-refractivity contribution in [3.05, 3.63) is 0 Å². The largest absolute Gasteiger partial charge is 0 e. The molecule has 4 heteroatoms. The summed E-state index contributed by atoms with van der Waals surface area (Å²) < 4.78 is 8.26. The van der Waals surface area contributed by atoms with Crippen LogP contribution in [0.3, 0.4) is 0 Å². The minimum Gasteiger partial charge on any atom is 0 e. The van der Waals surface area contributed by atoms with Gasteiger partial charge in [-0.05, 0) is 0 Å². The summed E-state index contributed by atoms with van der Waals surface area (Å²) in [5.41, 5.74) is 0. The molecule has 0 aliphatic rings. The van der Waals surface area contributed by atoms with E-state index in [2.05, 4.69) is 0 Å². The molecule has 0 amide bonds. The minimum absolute atomic E-state index is 0. The van der Waals surface area contributed by atoms with E-state index in [0.717, 1.165) is 0 Å². The topological polar surface area (TPSA) is 17.1 Å². The van der Waals surface area contributed by atoms with Crippen LogP contribution in [0.1, 0.15) is 0 Å². The van der Waals surface area contributed by atoms with Gasteiger partial charge in [0.05, 0.1) is 0 Å². The monoisotopic (exact) mass is 261 g/mol. The number of hydrogen-bond acceptors (Lipinski definition) is 1. The fourth-order valence-corrected chi connectivity index (χ4v) is 0. The second-order valence-electron chi connectivity index (χ2n) is 0. The first-order valence-corrected chi connectivity index (χ1v) is 0.986. The summed E-state index contributed by atoms with van der Waals surface area (Å²) in [6, 6.07) is 0. The molecule has 0 aromatic heterocycles. The molecule has 0 saturated heterocycles. The summed E-state index contributed by atoms with van der Waals surface area (Å²) in [6.07, 6.45) is 0. The normalized spacial score (nSPS) is 1.00. The fourth-order valence-electron chi connectivity index (χ4n) is 0. The third-order valence-corrected chi connectivity index (χ3v) is 0. The SMILES string of the molecule is [Co].[O]=[Mo].[Sr]. The Bertz CT molecular complexity index is 8.00. The van der Waals surface area contributed by atoms with Gasteiger partial charge < -0.3 is 0 Å². The van der Waals surface area contributed by atoms with Gasteiger partial charge in [0.15, 0.2) is 0 Å². The van der Waals surface area contributed by atoms with Crippen molar-refractivity contribution >= 4 is 45.5 Å². The summed E-state index contributed by atoms with van der Waals surface area (Å²) in [6.45, 7) is 0. The van der Waals surface area contributed by atoms with Crippen LogP contribution < -0.4 is 0 Å². The molecule has 0 aromatic carbocycles. The molecule has 0 unspecified atom stereocenters. The Hall–Kier alpha value is 2.48. The van der Waals surface area contributed by atoms with Gasteiger partial charge in [-0.15, -0.1) is 0 Å². The Kier molecular flexibility index (Phi) is 71.9. The van der Waals surface area contributed by atoms with Crippen molar-refractivity contribution in [2.24, 2.45) is 0 Å². The number of rotatable bonds is 0. The number of hydrogen-bond donors (Lipinski definition) is 0. The van der Waals surface area contributed by atoms with E-state index in [1.807, 2.05) is 0 Å². The summed E-state index contributed by atoms with van der Waals surface area (Å²) in [5, 5.41) is 0. The van der Waals surface area contributed by atoms with E-state index in [9.17, 15) is 0 Å². The molecule has 0 N–H and O–H groups in total. The van der Waals surface area contributed by atoms with Crippen molar-refractivity contribution in [1.29, 1.82) is 0 Å². The summed E-state index contributed by atoms with van der Waals surface area (Å²) >= 11 is 0.700. The molecule has 0 aromatic rings. The van der Waals surface area contributed by atoms with Gasteiger partial charge in [-0.1, -0.05) is 0 Å². The first-order valence-electron chi connectivity index (χ1n) is 0.167. The van der Waals surface area contributed by atoms with E-state index < -0.39 is 0 Å². The van der Waals surface area contributed by atoms with Gasteiger partial charge >= 0.3 is 23.2 Å². The Labute approximate surface area is 83.6 Å². The van der Waals surface area contributed by atoms with E-state index >= 15 is 0 Å². The van der Waals surface area contributed by atoms with Crippen LogP contribution in [0.25, 0.3) is 0 Å². The molecule has 3 radical (unpaired) electrons. The van der Waals surface area contributed by atoms with Gasteiger partial charge in [-0.2, -0.15) is 0 Å². The standard InChI is InChI=1S/Co.Mo.O.Sr. The van der Waals surface area contributed by atoms with Gasteiger partial charge in [0, 0.05) is 62.3 Å². The molecule has 0 heterocycles. The summed E-state index contributed by atoms with van der Waals surface area (Å²) in [7, 11) is 0. The van der Waals surface area contributed by atoms with Crippen molar-refractivity contribution in [3.8, 4) is 0 Å². The Morgan fingerprint density at radius 2 is 1.25 bits per heavy atom. The molecule has 0 saturated carbocycles. The zero-order chi connectivity index (χ0) is 2.00. The van der Waals surface area contributed by atoms with E-state index in [4.69, 9.17) is 3.40 Å². The van der Waals surface area contributed by atoms with Crippen LogP contribution in [0.15, 0.2) is 0 Å². The third-order valence-electron chi connectivity index (χ3n) is 0. The van der Waals surface area contributed by atoms with Crippen molar-refractivity contribution in [1.82, 2.24) is 0 Å². The summed E-state index contributed by atoms with van der Waals surface area (Å²) in [4.78, 5) is 0. The van der Waals surface area contributed by atoms with Gasteiger partial charge in [0.1, 0.15) is 0 Å². The van der Waals surface area contributed by atoms with Crippen molar-refractivity contribution in [2.75, 3.05) is 0 Å². The van der Waals surface area contributed by atoms with E-state index in [1.165, 1.54) is 0 Å². The molecular formula is CoMoOSr. The summed E-state index contributed by atoms with van der Waals surface area (Å²) in [5.74, 6) is 0. The van der Waals surface area contributed by atoms with E-state index in [0.29, 0.717) is 19.8 Å². The molecule has 0 atom stereocenters. The zero-order valence-corrected chi connectivity index (χ0v) is 8.38. The van der Waals surface area contributed by atoms with Gasteiger partial charge in [0.2, 0.25) is 0 Å². The minimum atomic E-state index is 0. The third kappa shape index (κ3) is 8.82. The van der Waals surface area contributed by atoms with Crippen LogP contribution in [0.4, 0.5) is 0 Å². The fraction of sp³-hybridized carbons (Fsp3) is 0. The molecule has 4 heavy (non-hydrogen) atoms. The van der Waals surface area contributed by atoms with Crippen LogP contribution in [-0.4, -0.2) is 45.5 Å². The molecule has 0 bridgehead atoms.